The van der Waals surface area contributed by atoms with Crippen molar-refractivity contribution in [2.24, 2.45) is 11.8 Å². The molecule has 3 rings (SSSR count). The van der Waals surface area contributed by atoms with Crippen molar-refractivity contribution in [1.29, 1.82) is 0 Å². The number of nitrogens with zero attached hydrogens (tertiary/aromatic N) is 2. The number of benzene rings is 1. The van der Waals surface area contributed by atoms with Crippen molar-refractivity contribution in [1.82, 2.24) is 9.55 Å². The smallest absolute Gasteiger partial charge is 0.127 e. The van der Waals surface area contributed by atoms with Crippen molar-refractivity contribution in [2.45, 2.75) is 45.0 Å². The molecule has 20 heavy (non-hydrogen) atoms. The third-order valence-corrected chi connectivity index (χ3v) is 5.48. The van der Waals surface area contributed by atoms with Gasteiger partial charge in [-0.3, -0.25) is 0 Å². The van der Waals surface area contributed by atoms with Gasteiger partial charge in [-0.2, -0.15) is 0 Å². The van der Waals surface area contributed by atoms with Crippen LogP contribution in [0.2, 0.25) is 0 Å². The first kappa shape index (κ1) is 14.4. The highest BCUT2D eigenvalue weighted by atomic mass is 79.9. The molecule has 4 unspecified atom stereocenters. The summed E-state index contributed by atoms with van der Waals surface area (Å²) in [5.74, 6) is 2.44. The molecule has 108 valence electrons. The van der Waals surface area contributed by atoms with Gasteiger partial charge in [-0.25, -0.2) is 4.98 Å². The van der Waals surface area contributed by atoms with Gasteiger partial charge in [0.25, 0.3) is 0 Å². The Morgan fingerprint density at radius 3 is 2.70 bits per heavy atom. The van der Waals surface area contributed by atoms with Crippen LogP contribution in [0.25, 0.3) is 11.0 Å². The zero-order chi connectivity index (χ0) is 14.4. The third-order valence-electron chi connectivity index (χ3n) is 4.79. The maximum atomic E-state index is 6.39. The molecule has 1 aliphatic rings. The van der Waals surface area contributed by atoms with Gasteiger partial charge in [0.2, 0.25) is 0 Å². The fourth-order valence-corrected chi connectivity index (χ4v) is 3.92. The van der Waals surface area contributed by atoms with E-state index < -0.39 is 0 Å². The van der Waals surface area contributed by atoms with Crippen LogP contribution >= 0.6 is 27.5 Å². The van der Waals surface area contributed by atoms with Crippen molar-refractivity contribution in [2.75, 3.05) is 0 Å². The molecule has 1 heterocycles. The Morgan fingerprint density at radius 1 is 1.35 bits per heavy atom. The highest BCUT2D eigenvalue weighted by Crippen LogP contribution is 2.43. The molecule has 1 aromatic heterocycles. The van der Waals surface area contributed by atoms with Gasteiger partial charge in [-0.15, -0.1) is 11.6 Å². The second-order valence-corrected chi connectivity index (χ2v) is 7.64. The molecule has 0 aliphatic heterocycles. The zero-order valence-corrected chi connectivity index (χ0v) is 14.4. The largest absolute Gasteiger partial charge is 0.323 e. The summed E-state index contributed by atoms with van der Waals surface area (Å²) < 4.78 is 3.49. The van der Waals surface area contributed by atoms with Gasteiger partial charge < -0.3 is 4.57 Å². The predicted octanol–water partition coefficient (Wildman–Crippen LogP) is 5.71. The average molecular weight is 356 g/mol. The van der Waals surface area contributed by atoms with E-state index in [-0.39, 0.29) is 5.38 Å². The van der Waals surface area contributed by atoms with Crippen LogP contribution in [0.15, 0.2) is 22.7 Å². The maximum absolute atomic E-state index is 6.39. The predicted molar refractivity (Wildman–Crippen MR) is 88.3 cm³/mol. The molecule has 0 saturated heterocycles. The van der Waals surface area contributed by atoms with Gasteiger partial charge in [-0.1, -0.05) is 29.8 Å². The van der Waals surface area contributed by atoms with Crippen LogP contribution in [0.3, 0.4) is 0 Å². The molecule has 1 saturated carbocycles. The molecule has 0 N–H and O–H groups in total. The van der Waals surface area contributed by atoms with Crippen LogP contribution in [0.5, 0.6) is 0 Å². The van der Waals surface area contributed by atoms with E-state index in [0.29, 0.717) is 12.0 Å². The maximum Gasteiger partial charge on any atom is 0.127 e. The SMILES string of the molecule is CC(Cl)c1nc2ccc(Br)cc2n1C1CCC(C)C1C. The number of alkyl halides is 1. The summed E-state index contributed by atoms with van der Waals surface area (Å²) in [6.07, 6.45) is 2.51. The van der Waals surface area contributed by atoms with Crippen LogP contribution in [0.1, 0.15) is 50.9 Å². The fraction of sp³-hybridized carbons (Fsp3) is 0.562. The lowest BCUT2D eigenvalue weighted by molar-refractivity contribution is 0.352. The Labute approximate surface area is 133 Å². The van der Waals surface area contributed by atoms with Gasteiger partial charge in [0, 0.05) is 10.5 Å². The minimum atomic E-state index is -0.0655. The Hall–Kier alpha value is -0.540. The van der Waals surface area contributed by atoms with Crippen molar-refractivity contribution in [3.63, 3.8) is 0 Å². The number of imidazole rings is 1. The van der Waals surface area contributed by atoms with Crippen molar-refractivity contribution in [3.8, 4) is 0 Å². The molecule has 0 spiro atoms. The summed E-state index contributed by atoms with van der Waals surface area (Å²) in [4.78, 5) is 4.77. The number of fused-ring (bicyclic) bond motifs is 1. The second kappa shape index (κ2) is 5.34. The molecule has 1 aliphatic carbocycles. The standard InChI is InChI=1S/C16H20BrClN2/c1-9-4-7-14(10(9)2)20-15-8-12(17)5-6-13(15)19-16(20)11(3)18/h5-6,8-11,14H,4,7H2,1-3H3. The van der Waals surface area contributed by atoms with E-state index in [2.05, 4.69) is 46.5 Å². The number of hydrogen-bond acceptors (Lipinski definition) is 1. The van der Waals surface area contributed by atoms with Gasteiger partial charge in [0.15, 0.2) is 0 Å². The molecular weight excluding hydrogens is 336 g/mol. The second-order valence-electron chi connectivity index (χ2n) is 6.07. The van der Waals surface area contributed by atoms with Gasteiger partial charge in [0.05, 0.1) is 16.4 Å². The highest BCUT2D eigenvalue weighted by molar-refractivity contribution is 9.10. The van der Waals surface area contributed by atoms with Gasteiger partial charge in [-0.05, 0) is 49.8 Å². The van der Waals surface area contributed by atoms with E-state index in [1.54, 1.807) is 0 Å². The van der Waals surface area contributed by atoms with Crippen LogP contribution in [0, 0.1) is 11.8 Å². The molecule has 2 nitrogen and oxygen atoms in total. The average Bonchev–Trinajstić information content (AvgIpc) is 2.91. The first-order chi connectivity index (χ1) is 9.49. The van der Waals surface area contributed by atoms with Crippen LogP contribution in [-0.4, -0.2) is 9.55 Å². The number of halogens is 2. The Kier molecular flexibility index (Phi) is 3.85. The molecule has 0 bridgehead atoms. The van der Waals surface area contributed by atoms with E-state index in [0.717, 1.165) is 21.7 Å². The molecular formula is C16H20BrClN2. The molecule has 4 heteroatoms. The lowest BCUT2D eigenvalue weighted by Gasteiger charge is -2.23. The van der Waals surface area contributed by atoms with E-state index in [1.165, 1.54) is 18.4 Å². The summed E-state index contributed by atoms with van der Waals surface area (Å²) in [7, 11) is 0. The summed E-state index contributed by atoms with van der Waals surface area (Å²) in [5.41, 5.74) is 2.25. The lowest BCUT2D eigenvalue weighted by Crippen LogP contribution is -2.17. The van der Waals surface area contributed by atoms with Gasteiger partial charge in [0.1, 0.15) is 5.82 Å². The Balaban J connectivity index is 2.21. The van der Waals surface area contributed by atoms with Crippen molar-refractivity contribution < 1.29 is 0 Å². The van der Waals surface area contributed by atoms with Crippen LogP contribution < -0.4 is 0 Å². The minimum Gasteiger partial charge on any atom is -0.323 e. The Bertz CT molecular complexity index is 635. The number of rotatable bonds is 2. The molecule has 0 amide bonds. The highest BCUT2D eigenvalue weighted by Gasteiger charge is 2.34. The number of hydrogen-bond donors (Lipinski definition) is 0. The first-order valence-corrected chi connectivity index (χ1v) is 8.53. The summed E-state index contributed by atoms with van der Waals surface area (Å²) in [6, 6.07) is 6.80. The summed E-state index contributed by atoms with van der Waals surface area (Å²) >= 11 is 9.96. The van der Waals surface area contributed by atoms with E-state index in [4.69, 9.17) is 16.6 Å². The molecule has 0 radical (unpaired) electrons. The van der Waals surface area contributed by atoms with E-state index in [1.807, 2.05) is 13.0 Å². The summed E-state index contributed by atoms with van der Waals surface area (Å²) in [6.45, 7) is 6.72. The normalized spacial score (nSPS) is 28.1. The van der Waals surface area contributed by atoms with Crippen LogP contribution in [-0.2, 0) is 0 Å². The van der Waals surface area contributed by atoms with Crippen molar-refractivity contribution >= 4 is 38.6 Å². The summed E-state index contributed by atoms with van der Waals surface area (Å²) in [5, 5.41) is -0.0655. The van der Waals surface area contributed by atoms with E-state index in [9.17, 15) is 0 Å². The van der Waals surface area contributed by atoms with Crippen molar-refractivity contribution in [3.05, 3.63) is 28.5 Å². The lowest BCUT2D eigenvalue weighted by atomic mass is 9.97. The van der Waals surface area contributed by atoms with E-state index >= 15 is 0 Å². The minimum absolute atomic E-state index is 0.0655. The number of aromatic nitrogens is 2. The van der Waals surface area contributed by atoms with Crippen LogP contribution in [0.4, 0.5) is 0 Å². The first-order valence-electron chi connectivity index (χ1n) is 7.30. The molecule has 2 aromatic rings. The molecule has 1 aromatic carbocycles. The Morgan fingerprint density at radius 2 is 2.10 bits per heavy atom. The van der Waals surface area contributed by atoms with Gasteiger partial charge >= 0.3 is 0 Å². The fourth-order valence-electron chi connectivity index (χ4n) is 3.42. The zero-order valence-electron chi connectivity index (χ0n) is 12.1. The molecule has 1 fully saturated rings. The molecule has 4 atom stereocenters. The third kappa shape index (κ3) is 2.29. The topological polar surface area (TPSA) is 17.8 Å². The quantitative estimate of drug-likeness (QED) is 0.631. The monoisotopic (exact) mass is 354 g/mol.